The first-order chi connectivity index (χ1) is 9.38. The second kappa shape index (κ2) is 5.56. The second-order valence-electron chi connectivity index (χ2n) is 6.84. The van der Waals surface area contributed by atoms with Crippen LogP contribution in [0.1, 0.15) is 46.5 Å². The van der Waals surface area contributed by atoms with Crippen molar-refractivity contribution in [3.8, 4) is 0 Å². The predicted molar refractivity (Wildman–Crippen MR) is 80.0 cm³/mol. The summed E-state index contributed by atoms with van der Waals surface area (Å²) in [5.74, 6) is 0.377. The zero-order valence-electron chi connectivity index (χ0n) is 12.6. The molecule has 1 aromatic rings. The van der Waals surface area contributed by atoms with E-state index in [1.165, 1.54) is 0 Å². The van der Waals surface area contributed by atoms with Crippen molar-refractivity contribution in [2.24, 2.45) is 5.41 Å². The highest BCUT2D eigenvalue weighted by Gasteiger charge is 2.33. The molecule has 0 saturated heterocycles. The number of hydrogen-bond acceptors (Lipinski definition) is 4. The first kappa shape index (κ1) is 15.0. The Kier molecular flexibility index (Phi) is 4.18. The average molecular weight is 279 g/mol. The Morgan fingerprint density at radius 3 is 2.60 bits per heavy atom. The standard InChI is InChI=1S/C15H25N3O2/c1-14(2,3)18-9-8-16-12(13(18)20)17-10-15(11-19)6-4-5-7-15/h8-9,19H,4-7,10-11H2,1-3H3,(H,16,17). The maximum atomic E-state index is 12.4. The molecule has 0 bridgehead atoms. The lowest BCUT2D eigenvalue weighted by Gasteiger charge is -2.27. The van der Waals surface area contributed by atoms with Crippen molar-refractivity contribution < 1.29 is 5.11 Å². The van der Waals surface area contributed by atoms with Gasteiger partial charge in [-0.1, -0.05) is 12.8 Å². The van der Waals surface area contributed by atoms with Gasteiger partial charge in [0.2, 0.25) is 0 Å². The summed E-state index contributed by atoms with van der Waals surface area (Å²) in [4.78, 5) is 16.5. The van der Waals surface area contributed by atoms with Gasteiger partial charge in [0.25, 0.3) is 5.56 Å². The monoisotopic (exact) mass is 279 g/mol. The van der Waals surface area contributed by atoms with Crippen LogP contribution >= 0.6 is 0 Å². The van der Waals surface area contributed by atoms with E-state index in [4.69, 9.17) is 0 Å². The molecule has 0 aliphatic heterocycles. The Hall–Kier alpha value is -1.36. The van der Waals surface area contributed by atoms with E-state index in [-0.39, 0.29) is 23.1 Å². The molecule has 5 nitrogen and oxygen atoms in total. The first-order valence-corrected chi connectivity index (χ1v) is 7.31. The number of aromatic nitrogens is 2. The number of rotatable bonds is 4. The van der Waals surface area contributed by atoms with Crippen molar-refractivity contribution in [3.05, 3.63) is 22.7 Å². The molecule has 0 amide bonds. The highest BCUT2D eigenvalue weighted by atomic mass is 16.3. The van der Waals surface area contributed by atoms with Crippen LogP contribution in [0.25, 0.3) is 0 Å². The van der Waals surface area contributed by atoms with Crippen LogP contribution in [-0.4, -0.2) is 27.8 Å². The molecule has 20 heavy (non-hydrogen) atoms. The van der Waals surface area contributed by atoms with E-state index >= 15 is 0 Å². The van der Waals surface area contributed by atoms with Crippen molar-refractivity contribution in [1.82, 2.24) is 9.55 Å². The van der Waals surface area contributed by atoms with Gasteiger partial charge in [0.05, 0.1) is 6.61 Å². The van der Waals surface area contributed by atoms with E-state index in [1.807, 2.05) is 20.8 Å². The molecule has 5 heteroatoms. The second-order valence-corrected chi connectivity index (χ2v) is 6.84. The van der Waals surface area contributed by atoms with Gasteiger partial charge in [-0.05, 0) is 33.6 Å². The smallest absolute Gasteiger partial charge is 0.293 e. The van der Waals surface area contributed by atoms with Crippen LogP contribution in [0.3, 0.4) is 0 Å². The Morgan fingerprint density at radius 1 is 1.40 bits per heavy atom. The van der Waals surface area contributed by atoms with Crippen LogP contribution < -0.4 is 10.9 Å². The fourth-order valence-electron chi connectivity index (χ4n) is 2.85. The van der Waals surface area contributed by atoms with Crippen molar-refractivity contribution in [3.63, 3.8) is 0 Å². The minimum absolute atomic E-state index is 0.0868. The maximum Gasteiger partial charge on any atom is 0.293 e. The van der Waals surface area contributed by atoms with Gasteiger partial charge >= 0.3 is 0 Å². The molecule has 1 fully saturated rings. The van der Waals surface area contributed by atoms with Gasteiger partial charge in [-0.2, -0.15) is 0 Å². The number of aliphatic hydroxyl groups is 1. The summed E-state index contributed by atoms with van der Waals surface area (Å²) in [6, 6.07) is 0. The summed E-state index contributed by atoms with van der Waals surface area (Å²) >= 11 is 0. The Morgan fingerprint density at radius 2 is 2.05 bits per heavy atom. The van der Waals surface area contributed by atoms with Crippen molar-refractivity contribution in [2.75, 3.05) is 18.5 Å². The van der Waals surface area contributed by atoms with Crippen molar-refractivity contribution in [1.29, 1.82) is 0 Å². The number of anilines is 1. The summed E-state index contributed by atoms with van der Waals surface area (Å²) in [5.41, 5.74) is -0.458. The van der Waals surface area contributed by atoms with Gasteiger partial charge in [-0.3, -0.25) is 4.79 Å². The molecule has 0 radical (unpaired) electrons. The molecular formula is C15H25N3O2. The number of nitrogens with one attached hydrogen (secondary N) is 1. The minimum Gasteiger partial charge on any atom is -0.396 e. The van der Waals surface area contributed by atoms with Crippen molar-refractivity contribution >= 4 is 5.82 Å². The summed E-state index contributed by atoms with van der Waals surface area (Å²) in [6.45, 7) is 6.75. The summed E-state index contributed by atoms with van der Waals surface area (Å²) in [6.07, 6.45) is 7.68. The van der Waals surface area contributed by atoms with E-state index in [2.05, 4.69) is 10.3 Å². The molecule has 0 aromatic carbocycles. The predicted octanol–water partition coefficient (Wildman–Crippen LogP) is 1.96. The third kappa shape index (κ3) is 3.03. The number of aliphatic hydroxyl groups excluding tert-OH is 1. The largest absolute Gasteiger partial charge is 0.396 e. The third-order valence-corrected chi connectivity index (χ3v) is 4.19. The highest BCUT2D eigenvalue weighted by Crippen LogP contribution is 2.37. The molecule has 1 aliphatic carbocycles. The number of nitrogens with zero attached hydrogens (tertiary/aromatic N) is 2. The van der Waals surface area contributed by atoms with E-state index in [0.717, 1.165) is 25.7 Å². The first-order valence-electron chi connectivity index (χ1n) is 7.31. The van der Waals surface area contributed by atoms with E-state index in [9.17, 15) is 9.90 Å². The van der Waals surface area contributed by atoms with Gasteiger partial charge in [0.1, 0.15) is 0 Å². The fraction of sp³-hybridized carbons (Fsp3) is 0.733. The molecule has 1 aromatic heterocycles. The van der Waals surface area contributed by atoms with E-state index < -0.39 is 0 Å². The highest BCUT2D eigenvalue weighted by molar-refractivity contribution is 5.31. The van der Waals surface area contributed by atoms with E-state index in [0.29, 0.717) is 12.4 Å². The Bertz CT molecular complexity index is 511. The summed E-state index contributed by atoms with van der Waals surface area (Å²) < 4.78 is 1.68. The molecule has 0 unspecified atom stereocenters. The summed E-state index contributed by atoms with van der Waals surface area (Å²) in [5, 5.41) is 12.8. The zero-order chi connectivity index (χ0) is 14.8. The lowest BCUT2D eigenvalue weighted by molar-refractivity contribution is 0.142. The van der Waals surface area contributed by atoms with Crippen LogP contribution in [-0.2, 0) is 5.54 Å². The quantitative estimate of drug-likeness (QED) is 0.884. The SMILES string of the molecule is CC(C)(C)n1ccnc(NCC2(CO)CCCC2)c1=O. The maximum absolute atomic E-state index is 12.4. The van der Waals surface area contributed by atoms with Crippen molar-refractivity contribution in [2.45, 2.75) is 52.0 Å². The lowest BCUT2D eigenvalue weighted by Crippen LogP contribution is -2.37. The fourth-order valence-corrected chi connectivity index (χ4v) is 2.85. The van der Waals surface area contributed by atoms with Crippen LogP contribution in [0.4, 0.5) is 5.82 Å². The Labute approximate surface area is 120 Å². The molecule has 2 N–H and O–H groups in total. The minimum atomic E-state index is -0.265. The van der Waals surface area contributed by atoms with Gasteiger partial charge in [0, 0.05) is 29.9 Å². The molecule has 2 rings (SSSR count). The lowest BCUT2D eigenvalue weighted by atomic mass is 9.87. The summed E-state index contributed by atoms with van der Waals surface area (Å²) in [7, 11) is 0. The normalized spacial score (nSPS) is 18.2. The molecule has 1 heterocycles. The molecule has 0 spiro atoms. The molecule has 1 saturated carbocycles. The van der Waals surface area contributed by atoms with Crippen LogP contribution in [0.15, 0.2) is 17.2 Å². The third-order valence-electron chi connectivity index (χ3n) is 4.19. The molecule has 112 valence electrons. The topological polar surface area (TPSA) is 67.2 Å². The van der Waals surface area contributed by atoms with Gasteiger partial charge < -0.3 is 15.0 Å². The Balaban J connectivity index is 2.16. The number of hydrogen-bond donors (Lipinski definition) is 2. The van der Waals surface area contributed by atoms with Gasteiger partial charge in [-0.25, -0.2) is 4.98 Å². The van der Waals surface area contributed by atoms with Gasteiger partial charge in [0.15, 0.2) is 5.82 Å². The zero-order valence-corrected chi connectivity index (χ0v) is 12.6. The average Bonchev–Trinajstić information content (AvgIpc) is 2.85. The van der Waals surface area contributed by atoms with Crippen LogP contribution in [0.2, 0.25) is 0 Å². The van der Waals surface area contributed by atoms with Crippen LogP contribution in [0.5, 0.6) is 0 Å². The molecule has 1 aliphatic rings. The van der Waals surface area contributed by atoms with E-state index in [1.54, 1.807) is 17.0 Å². The van der Waals surface area contributed by atoms with Gasteiger partial charge in [-0.15, -0.1) is 0 Å². The molecular weight excluding hydrogens is 254 g/mol. The van der Waals surface area contributed by atoms with Crippen LogP contribution in [0, 0.1) is 5.41 Å². The molecule has 0 atom stereocenters.